The van der Waals surface area contributed by atoms with Gasteiger partial charge < -0.3 is 5.32 Å². The number of aromatic nitrogens is 2. The minimum Gasteiger partial charge on any atom is -0.367 e. The van der Waals surface area contributed by atoms with E-state index in [1.165, 1.54) is 43.9 Å². The number of rotatable bonds is 4. The fourth-order valence-electron chi connectivity index (χ4n) is 2.56. The summed E-state index contributed by atoms with van der Waals surface area (Å²) < 4.78 is 0. The molecule has 100 valence electrons. The lowest BCUT2D eigenvalue weighted by molar-refractivity contribution is 0.327. The Morgan fingerprint density at radius 2 is 2.28 bits per heavy atom. The van der Waals surface area contributed by atoms with E-state index < -0.39 is 0 Å². The Bertz CT molecular complexity index is 400. The van der Waals surface area contributed by atoms with Gasteiger partial charge in [0.2, 0.25) is 0 Å². The molecule has 2 atom stereocenters. The summed E-state index contributed by atoms with van der Waals surface area (Å²) in [6, 6.07) is 2.35. The fraction of sp³-hybridized carbons (Fsp3) is 0.692. The Kier molecular flexibility index (Phi) is 5.13. The van der Waals surface area contributed by atoms with Crippen molar-refractivity contribution in [2.24, 2.45) is 5.92 Å². The first-order chi connectivity index (χ1) is 8.71. The first-order valence-corrected chi connectivity index (χ1v) is 8.16. The second-order valence-corrected chi connectivity index (χ2v) is 6.01. The zero-order valence-electron chi connectivity index (χ0n) is 10.9. The molecule has 1 aromatic rings. The topological polar surface area (TPSA) is 37.8 Å². The smallest absolute Gasteiger partial charge is 0.190 e. The van der Waals surface area contributed by atoms with Crippen molar-refractivity contribution in [3.63, 3.8) is 0 Å². The van der Waals surface area contributed by atoms with Gasteiger partial charge in [-0.25, -0.2) is 9.97 Å². The predicted octanol–water partition coefficient (Wildman–Crippen LogP) is 4.23. The van der Waals surface area contributed by atoms with Gasteiger partial charge in [0.05, 0.1) is 0 Å². The Morgan fingerprint density at radius 3 is 3.00 bits per heavy atom. The van der Waals surface area contributed by atoms with E-state index in [1.54, 1.807) is 0 Å². The highest BCUT2D eigenvalue weighted by Crippen LogP contribution is 2.29. The van der Waals surface area contributed by atoms with Crippen molar-refractivity contribution in [2.75, 3.05) is 11.6 Å². The van der Waals surface area contributed by atoms with E-state index in [-0.39, 0.29) is 0 Å². The van der Waals surface area contributed by atoms with E-state index in [0.717, 1.165) is 16.9 Å². The molecule has 3 nitrogen and oxygen atoms in total. The minimum absolute atomic E-state index is 0.514. The summed E-state index contributed by atoms with van der Waals surface area (Å²) in [6.45, 7) is 2.28. The van der Waals surface area contributed by atoms with Crippen LogP contribution in [-0.4, -0.2) is 22.3 Å². The van der Waals surface area contributed by atoms with Crippen molar-refractivity contribution < 1.29 is 0 Å². The highest BCUT2D eigenvalue weighted by atomic mass is 35.5. The van der Waals surface area contributed by atoms with Gasteiger partial charge in [-0.15, -0.1) is 0 Å². The summed E-state index contributed by atoms with van der Waals surface area (Å²) in [5.74, 6) is 1.72. The molecule has 2 unspecified atom stereocenters. The average Bonchev–Trinajstić information content (AvgIpc) is 2.38. The molecule has 0 saturated heterocycles. The zero-order chi connectivity index (χ0) is 13.0. The van der Waals surface area contributed by atoms with Crippen LogP contribution >= 0.6 is 23.4 Å². The summed E-state index contributed by atoms with van der Waals surface area (Å²) in [5, 5.41) is 4.75. The van der Waals surface area contributed by atoms with Crippen LogP contribution in [0.3, 0.4) is 0 Å². The average molecular weight is 286 g/mol. The zero-order valence-corrected chi connectivity index (χ0v) is 12.5. The van der Waals surface area contributed by atoms with Crippen molar-refractivity contribution >= 4 is 29.2 Å². The van der Waals surface area contributed by atoms with Gasteiger partial charge >= 0.3 is 0 Å². The Balaban J connectivity index is 2.02. The van der Waals surface area contributed by atoms with E-state index >= 15 is 0 Å². The van der Waals surface area contributed by atoms with Crippen molar-refractivity contribution in [1.82, 2.24) is 9.97 Å². The Labute approximate surface area is 118 Å². The van der Waals surface area contributed by atoms with Gasteiger partial charge in [-0.2, -0.15) is 0 Å². The molecular formula is C13H20ClN3S. The number of halogens is 1. The van der Waals surface area contributed by atoms with Gasteiger partial charge in [0.1, 0.15) is 11.0 Å². The summed E-state index contributed by atoms with van der Waals surface area (Å²) >= 11 is 7.52. The predicted molar refractivity (Wildman–Crippen MR) is 78.5 cm³/mol. The second kappa shape index (κ2) is 6.62. The van der Waals surface area contributed by atoms with Gasteiger partial charge in [-0.3, -0.25) is 0 Å². The molecule has 1 fully saturated rings. The molecule has 0 aromatic carbocycles. The summed E-state index contributed by atoms with van der Waals surface area (Å²) in [7, 11) is 0. The maximum Gasteiger partial charge on any atom is 0.190 e. The van der Waals surface area contributed by atoms with Crippen LogP contribution < -0.4 is 5.32 Å². The monoisotopic (exact) mass is 285 g/mol. The number of nitrogens with one attached hydrogen (secondary N) is 1. The summed E-state index contributed by atoms with van der Waals surface area (Å²) in [4.78, 5) is 8.61. The molecule has 5 heteroatoms. The van der Waals surface area contributed by atoms with Crippen LogP contribution in [0.15, 0.2) is 11.2 Å². The van der Waals surface area contributed by atoms with Gasteiger partial charge in [0, 0.05) is 12.1 Å². The molecule has 0 radical (unpaired) electrons. The molecular weight excluding hydrogens is 266 g/mol. The molecule has 0 spiro atoms. The van der Waals surface area contributed by atoms with Crippen LogP contribution in [0.5, 0.6) is 0 Å². The van der Waals surface area contributed by atoms with E-state index in [4.69, 9.17) is 11.6 Å². The number of hydrogen-bond donors (Lipinski definition) is 1. The molecule has 1 aliphatic rings. The molecule has 0 amide bonds. The SMILES string of the molecule is CCC1CCCC(Nc2cc(Cl)nc(SC)n2)C1. The van der Waals surface area contributed by atoms with Gasteiger partial charge in [-0.05, 0) is 25.0 Å². The third kappa shape index (κ3) is 3.75. The van der Waals surface area contributed by atoms with E-state index in [9.17, 15) is 0 Å². The van der Waals surface area contributed by atoms with Gasteiger partial charge in [-0.1, -0.05) is 49.5 Å². The molecule has 1 aromatic heterocycles. The molecule has 1 saturated carbocycles. The van der Waals surface area contributed by atoms with E-state index in [0.29, 0.717) is 11.2 Å². The van der Waals surface area contributed by atoms with Crippen LogP contribution in [0.25, 0.3) is 0 Å². The Hall–Kier alpha value is -0.480. The third-order valence-corrected chi connectivity index (χ3v) is 4.31. The lowest BCUT2D eigenvalue weighted by Crippen LogP contribution is -2.27. The molecule has 18 heavy (non-hydrogen) atoms. The number of thioether (sulfide) groups is 1. The summed E-state index contributed by atoms with van der Waals surface area (Å²) in [6.07, 6.45) is 8.39. The van der Waals surface area contributed by atoms with Crippen LogP contribution in [0.4, 0.5) is 5.82 Å². The molecule has 0 bridgehead atoms. The van der Waals surface area contributed by atoms with Gasteiger partial charge in [0.15, 0.2) is 5.16 Å². The molecule has 1 aliphatic carbocycles. The lowest BCUT2D eigenvalue weighted by atomic mass is 9.84. The van der Waals surface area contributed by atoms with Crippen molar-refractivity contribution in [3.8, 4) is 0 Å². The van der Waals surface area contributed by atoms with E-state index in [1.807, 2.05) is 12.3 Å². The second-order valence-electron chi connectivity index (χ2n) is 4.84. The molecule has 1 N–H and O–H groups in total. The van der Waals surface area contributed by atoms with Crippen LogP contribution in [0, 0.1) is 5.92 Å². The third-order valence-electron chi connectivity index (χ3n) is 3.57. The quantitative estimate of drug-likeness (QED) is 0.510. The van der Waals surface area contributed by atoms with Crippen LogP contribution in [-0.2, 0) is 0 Å². The first-order valence-electron chi connectivity index (χ1n) is 6.56. The van der Waals surface area contributed by atoms with Crippen molar-refractivity contribution in [3.05, 3.63) is 11.2 Å². The van der Waals surface area contributed by atoms with Crippen molar-refractivity contribution in [2.45, 2.75) is 50.2 Å². The highest BCUT2D eigenvalue weighted by molar-refractivity contribution is 7.98. The minimum atomic E-state index is 0.514. The maximum atomic E-state index is 6.00. The van der Waals surface area contributed by atoms with E-state index in [2.05, 4.69) is 22.2 Å². The Morgan fingerprint density at radius 1 is 1.44 bits per heavy atom. The summed E-state index contributed by atoms with van der Waals surface area (Å²) in [5.41, 5.74) is 0. The van der Waals surface area contributed by atoms with Crippen LogP contribution in [0.2, 0.25) is 5.15 Å². The first kappa shape index (κ1) is 13.9. The van der Waals surface area contributed by atoms with Gasteiger partial charge in [0.25, 0.3) is 0 Å². The maximum absolute atomic E-state index is 6.00. The van der Waals surface area contributed by atoms with Crippen molar-refractivity contribution in [1.29, 1.82) is 0 Å². The largest absolute Gasteiger partial charge is 0.367 e. The lowest BCUT2D eigenvalue weighted by Gasteiger charge is -2.29. The number of anilines is 1. The normalized spacial score (nSPS) is 23.9. The molecule has 0 aliphatic heterocycles. The highest BCUT2D eigenvalue weighted by Gasteiger charge is 2.21. The van der Waals surface area contributed by atoms with Crippen LogP contribution in [0.1, 0.15) is 39.0 Å². The number of nitrogens with zero attached hydrogens (tertiary/aromatic N) is 2. The fourth-order valence-corrected chi connectivity index (χ4v) is 3.18. The molecule has 1 heterocycles. The number of hydrogen-bond acceptors (Lipinski definition) is 4. The standard InChI is InChI=1S/C13H20ClN3S/c1-3-9-5-4-6-10(7-9)15-12-8-11(14)16-13(17-12)18-2/h8-10H,3-7H2,1-2H3,(H,15,16,17). The molecule has 2 rings (SSSR count).